The lowest BCUT2D eigenvalue weighted by Gasteiger charge is -2.20. The van der Waals surface area contributed by atoms with Crippen molar-refractivity contribution in [3.63, 3.8) is 0 Å². The van der Waals surface area contributed by atoms with Gasteiger partial charge in [0, 0.05) is 6.42 Å². The monoisotopic (exact) mass is 846 g/mol. The zero-order valence-electron chi connectivity index (χ0n) is 41.3. The molecule has 0 spiro atoms. The molecule has 0 aromatic carbocycles. The Morgan fingerprint density at radius 1 is 0.383 bits per heavy atom. The van der Waals surface area contributed by atoms with Gasteiger partial charge >= 0.3 is 0 Å². The topological polar surface area (TPSA) is 69.6 Å². The third-order valence-corrected chi connectivity index (χ3v) is 13.3. The number of hydrogen-bond acceptors (Lipinski definition) is 3. The van der Waals surface area contributed by atoms with E-state index in [-0.39, 0.29) is 12.5 Å². The minimum absolute atomic E-state index is 0.0571. The van der Waals surface area contributed by atoms with Gasteiger partial charge < -0.3 is 15.5 Å². The van der Waals surface area contributed by atoms with Crippen molar-refractivity contribution in [1.82, 2.24) is 5.32 Å². The molecule has 0 aromatic rings. The van der Waals surface area contributed by atoms with Crippen LogP contribution in [0.4, 0.5) is 0 Å². The summed E-state index contributed by atoms with van der Waals surface area (Å²) in [6.07, 6.45) is 68.1. The number of rotatable bonds is 52. The van der Waals surface area contributed by atoms with Crippen molar-refractivity contribution in [3.05, 3.63) is 12.2 Å². The molecule has 4 nitrogen and oxygen atoms in total. The van der Waals surface area contributed by atoms with E-state index < -0.39 is 12.1 Å². The summed E-state index contributed by atoms with van der Waals surface area (Å²) in [5.41, 5.74) is 0. The van der Waals surface area contributed by atoms with Crippen LogP contribution < -0.4 is 5.32 Å². The summed E-state index contributed by atoms with van der Waals surface area (Å²) in [6.45, 7) is 4.35. The first-order chi connectivity index (χ1) is 29.7. The van der Waals surface area contributed by atoms with E-state index in [2.05, 4.69) is 19.2 Å². The summed E-state index contributed by atoms with van der Waals surface area (Å²) in [7, 11) is 0. The maximum Gasteiger partial charge on any atom is 0.220 e. The van der Waals surface area contributed by atoms with Gasteiger partial charge in [0.05, 0.1) is 18.8 Å². The van der Waals surface area contributed by atoms with Crippen molar-refractivity contribution in [2.75, 3.05) is 6.61 Å². The number of amides is 1. The summed E-state index contributed by atoms with van der Waals surface area (Å²) in [4.78, 5) is 12.4. The number of allylic oxidation sites excluding steroid dienone is 1. The highest BCUT2D eigenvalue weighted by molar-refractivity contribution is 5.76. The molecule has 3 N–H and O–H groups in total. The molecule has 2 unspecified atom stereocenters. The fourth-order valence-electron chi connectivity index (χ4n) is 9.01. The second-order valence-corrected chi connectivity index (χ2v) is 19.4. The molecule has 0 aliphatic rings. The average Bonchev–Trinajstić information content (AvgIpc) is 3.25. The molecule has 1 amide bonds. The van der Waals surface area contributed by atoms with Crippen molar-refractivity contribution in [2.45, 2.75) is 334 Å². The van der Waals surface area contributed by atoms with Gasteiger partial charge in [-0.2, -0.15) is 0 Å². The van der Waals surface area contributed by atoms with Crippen molar-refractivity contribution < 1.29 is 15.0 Å². The fourth-order valence-corrected chi connectivity index (χ4v) is 9.01. The predicted molar refractivity (Wildman–Crippen MR) is 267 cm³/mol. The Labute approximate surface area is 377 Å². The van der Waals surface area contributed by atoms with Crippen LogP contribution in [0, 0.1) is 0 Å². The van der Waals surface area contributed by atoms with Crippen molar-refractivity contribution >= 4 is 5.91 Å². The molecule has 358 valence electrons. The normalized spacial score (nSPS) is 12.8. The van der Waals surface area contributed by atoms with Gasteiger partial charge in [0.25, 0.3) is 0 Å². The van der Waals surface area contributed by atoms with Crippen LogP contribution in [0.3, 0.4) is 0 Å². The quantitative estimate of drug-likeness (QED) is 0.0422. The highest BCUT2D eigenvalue weighted by atomic mass is 16.3. The Kier molecular flexibility index (Phi) is 51.7. The number of carbonyl (C=O) groups is 1. The molecule has 0 radical (unpaired) electrons. The van der Waals surface area contributed by atoms with Gasteiger partial charge in [-0.25, -0.2) is 0 Å². The third-order valence-electron chi connectivity index (χ3n) is 13.3. The van der Waals surface area contributed by atoms with Crippen LogP contribution in [0.1, 0.15) is 322 Å². The summed E-state index contributed by atoms with van der Waals surface area (Å²) in [5, 5.41) is 23.2. The minimum Gasteiger partial charge on any atom is -0.394 e. The average molecular weight is 847 g/mol. The third kappa shape index (κ3) is 48.2. The Morgan fingerprint density at radius 2 is 0.617 bits per heavy atom. The van der Waals surface area contributed by atoms with Crippen LogP contribution in [0.15, 0.2) is 12.2 Å². The van der Waals surface area contributed by atoms with E-state index in [4.69, 9.17) is 0 Å². The van der Waals surface area contributed by atoms with Crippen LogP contribution in [0.5, 0.6) is 0 Å². The predicted octanol–water partition coefficient (Wildman–Crippen LogP) is 18.1. The number of carbonyl (C=O) groups excluding carboxylic acids is 1. The first-order valence-electron chi connectivity index (χ1n) is 27.9. The molecule has 0 bridgehead atoms. The van der Waals surface area contributed by atoms with Gasteiger partial charge in [-0.15, -0.1) is 0 Å². The Hall–Kier alpha value is -0.870. The summed E-state index contributed by atoms with van der Waals surface area (Å²) in [6, 6.07) is -0.618. The molecule has 0 aliphatic heterocycles. The largest absolute Gasteiger partial charge is 0.394 e. The van der Waals surface area contributed by atoms with Gasteiger partial charge in [0.2, 0.25) is 5.91 Å². The number of aliphatic hydroxyl groups excluding tert-OH is 2. The first-order valence-corrected chi connectivity index (χ1v) is 27.9. The Bertz CT molecular complexity index is 829. The van der Waals surface area contributed by atoms with Crippen LogP contribution in [0.25, 0.3) is 0 Å². The molecule has 0 aliphatic carbocycles. The van der Waals surface area contributed by atoms with E-state index in [0.29, 0.717) is 6.42 Å². The SMILES string of the molecule is CCCCCCCCCCCCCCCCCCCCCCCCCCCCCCC/C=C/C(O)C(CO)NC(=O)CCCCCCCCCCCCCCCCCCC. The summed E-state index contributed by atoms with van der Waals surface area (Å²) < 4.78 is 0. The molecule has 0 saturated carbocycles. The van der Waals surface area contributed by atoms with E-state index in [1.54, 1.807) is 6.08 Å². The molecule has 0 aromatic heterocycles. The number of nitrogens with one attached hydrogen (secondary N) is 1. The van der Waals surface area contributed by atoms with Crippen LogP contribution >= 0.6 is 0 Å². The van der Waals surface area contributed by atoms with Crippen LogP contribution in [0.2, 0.25) is 0 Å². The molecule has 2 atom stereocenters. The first kappa shape index (κ1) is 59.1. The standard InChI is InChI=1S/C56H111NO3/c1-3-5-7-9-11-13-15-17-19-21-22-23-24-25-26-27-28-29-30-31-32-33-34-36-37-39-41-43-45-47-49-51-55(59)54(53-58)57-56(60)52-50-48-46-44-42-40-38-35-20-18-16-14-12-10-8-6-4-2/h49,51,54-55,58-59H,3-48,50,52-53H2,1-2H3,(H,57,60)/b51-49+. The van der Waals surface area contributed by atoms with Gasteiger partial charge in [-0.05, 0) is 19.3 Å². The van der Waals surface area contributed by atoms with E-state index >= 15 is 0 Å². The molecular weight excluding hydrogens is 735 g/mol. The lowest BCUT2D eigenvalue weighted by atomic mass is 10.0. The second kappa shape index (κ2) is 52.5. The maximum absolute atomic E-state index is 12.4. The summed E-state index contributed by atoms with van der Waals surface area (Å²) in [5.74, 6) is -0.0571. The summed E-state index contributed by atoms with van der Waals surface area (Å²) >= 11 is 0. The maximum atomic E-state index is 12.4. The van der Waals surface area contributed by atoms with Gasteiger partial charge in [0.15, 0.2) is 0 Å². The highest BCUT2D eigenvalue weighted by Crippen LogP contribution is 2.18. The van der Waals surface area contributed by atoms with Gasteiger partial charge in [-0.3, -0.25) is 4.79 Å². The molecule has 0 rings (SSSR count). The number of hydrogen-bond donors (Lipinski definition) is 3. The van der Waals surface area contributed by atoms with Crippen molar-refractivity contribution in [2.24, 2.45) is 0 Å². The zero-order chi connectivity index (χ0) is 43.5. The lowest BCUT2D eigenvalue weighted by Crippen LogP contribution is -2.45. The molecule has 60 heavy (non-hydrogen) atoms. The Balaban J connectivity index is 3.42. The van der Waals surface area contributed by atoms with Crippen molar-refractivity contribution in [3.8, 4) is 0 Å². The Morgan fingerprint density at radius 3 is 0.867 bits per heavy atom. The molecular formula is C56H111NO3. The smallest absolute Gasteiger partial charge is 0.220 e. The fraction of sp³-hybridized carbons (Fsp3) is 0.946. The van der Waals surface area contributed by atoms with Crippen LogP contribution in [-0.4, -0.2) is 34.9 Å². The van der Waals surface area contributed by atoms with E-state index in [1.807, 2.05) is 6.08 Å². The van der Waals surface area contributed by atoms with E-state index in [1.165, 1.54) is 276 Å². The van der Waals surface area contributed by atoms with Crippen LogP contribution in [-0.2, 0) is 4.79 Å². The molecule has 0 fully saturated rings. The van der Waals surface area contributed by atoms with E-state index in [0.717, 1.165) is 25.7 Å². The zero-order valence-corrected chi connectivity index (χ0v) is 41.3. The second-order valence-electron chi connectivity index (χ2n) is 19.4. The number of unbranched alkanes of at least 4 members (excludes halogenated alkanes) is 45. The molecule has 0 heterocycles. The minimum atomic E-state index is -0.835. The van der Waals surface area contributed by atoms with Gasteiger partial charge in [-0.1, -0.05) is 309 Å². The van der Waals surface area contributed by atoms with Crippen molar-refractivity contribution in [1.29, 1.82) is 0 Å². The van der Waals surface area contributed by atoms with Gasteiger partial charge in [0.1, 0.15) is 0 Å². The molecule has 0 saturated heterocycles. The number of aliphatic hydroxyl groups is 2. The molecule has 4 heteroatoms. The highest BCUT2D eigenvalue weighted by Gasteiger charge is 2.18. The van der Waals surface area contributed by atoms with E-state index in [9.17, 15) is 15.0 Å². The lowest BCUT2D eigenvalue weighted by molar-refractivity contribution is -0.123.